The topological polar surface area (TPSA) is 27.7 Å². The van der Waals surface area contributed by atoms with Gasteiger partial charge in [-0.1, -0.05) is 75.2 Å². The molecular weight excluding hydrogens is 549 g/mol. The van der Waals surface area contributed by atoms with Gasteiger partial charge in [0.1, 0.15) is 11.6 Å². The summed E-state index contributed by atoms with van der Waals surface area (Å²) in [6, 6.07) is 10.8. The van der Waals surface area contributed by atoms with E-state index in [0.717, 1.165) is 19.1 Å². The zero-order valence-corrected chi connectivity index (χ0v) is 24.9. The molecule has 0 atom stereocenters. The number of ether oxygens (including phenoxy) is 3. The van der Waals surface area contributed by atoms with Gasteiger partial charge in [-0.3, -0.25) is 0 Å². The Balaban J connectivity index is 1.04. The summed E-state index contributed by atoms with van der Waals surface area (Å²) in [6.07, 6.45) is 9.08. The maximum absolute atomic E-state index is 15.1. The van der Waals surface area contributed by atoms with Gasteiger partial charge in [0.25, 0.3) is 0 Å². The van der Waals surface area contributed by atoms with E-state index in [9.17, 15) is 4.39 Å². The van der Waals surface area contributed by atoms with E-state index < -0.39 is 17.8 Å². The van der Waals surface area contributed by atoms with Crippen LogP contribution < -0.4 is 4.74 Å². The van der Waals surface area contributed by atoms with Crippen LogP contribution in [0.3, 0.4) is 0 Å². The van der Waals surface area contributed by atoms with Gasteiger partial charge in [0.2, 0.25) is 0 Å². The van der Waals surface area contributed by atoms with Crippen LogP contribution in [-0.2, 0) is 9.47 Å². The highest BCUT2D eigenvalue weighted by Crippen LogP contribution is 2.43. The van der Waals surface area contributed by atoms with Crippen molar-refractivity contribution in [1.82, 2.24) is 0 Å². The molecule has 5 rings (SSSR count). The van der Waals surface area contributed by atoms with Crippen molar-refractivity contribution in [2.75, 3.05) is 13.2 Å². The van der Waals surface area contributed by atoms with Crippen LogP contribution in [-0.4, -0.2) is 25.6 Å². The van der Waals surface area contributed by atoms with E-state index in [1.54, 1.807) is 18.2 Å². The molecule has 3 aliphatic rings. The SMILES string of the molecule is CCCCCC1CCC(C2COC(C3CCC(C(F)(F)Oc4ccc(-c5ccc(Cl)c(F)c5)cc4)CC3)OC2)CC1. The maximum atomic E-state index is 15.1. The van der Waals surface area contributed by atoms with E-state index in [1.807, 2.05) is 0 Å². The fourth-order valence-corrected chi connectivity index (χ4v) is 7.19. The summed E-state index contributed by atoms with van der Waals surface area (Å²) >= 11 is 5.75. The van der Waals surface area contributed by atoms with Gasteiger partial charge < -0.3 is 14.2 Å². The van der Waals surface area contributed by atoms with Crippen molar-refractivity contribution >= 4 is 11.6 Å². The summed E-state index contributed by atoms with van der Waals surface area (Å²) in [5.74, 6) is 0.909. The molecule has 2 aliphatic carbocycles. The zero-order chi connectivity index (χ0) is 28.8. The van der Waals surface area contributed by atoms with Crippen molar-refractivity contribution in [1.29, 1.82) is 0 Å². The Kier molecular flexibility index (Phi) is 10.6. The first kappa shape index (κ1) is 30.7. The number of rotatable bonds is 10. The lowest BCUT2D eigenvalue weighted by molar-refractivity contribution is -0.251. The third-order valence-electron chi connectivity index (χ3n) is 9.72. The second-order valence-electron chi connectivity index (χ2n) is 12.5. The predicted molar refractivity (Wildman–Crippen MR) is 157 cm³/mol. The summed E-state index contributed by atoms with van der Waals surface area (Å²) in [5.41, 5.74) is 1.31. The first-order chi connectivity index (χ1) is 19.8. The molecule has 1 saturated heterocycles. The number of hydrogen-bond acceptors (Lipinski definition) is 3. The fourth-order valence-electron chi connectivity index (χ4n) is 7.07. The predicted octanol–water partition coefficient (Wildman–Crippen LogP) is 10.3. The highest BCUT2D eigenvalue weighted by atomic mass is 35.5. The van der Waals surface area contributed by atoms with Crippen LogP contribution in [0.1, 0.15) is 84.0 Å². The van der Waals surface area contributed by atoms with E-state index in [0.29, 0.717) is 48.6 Å². The molecule has 0 aromatic heterocycles. The summed E-state index contributed by atoms with van der Waals surface area (Å²) in [4.78, 5) is 0. The molecule has 226 valence electrons. The average molecular weight is 593 g/mol. The average Bonchev–Trinajstić information content (AvgIpc) is 2.99. The molecule has 0 amide bonds. The van der Waals surface area contributed by atoms with E-state index in [-0.39, 0.29) is 23.0 Å². The first-order valence-corrected chi connectivity index (χ1v) is 16.1. The molecule has 0 spiro atoms. The molecule has 3 nitrogen and oxygen atoms in total. The van der Waals surface area contributed by atoms with Gasteiger partial charge in [-0.15, -0.1) is 0 Å². The highest BCUT2D eigenvalue weighted by Gasteiger charge is 2.46. The van der Waals surface area contributed by atoms with Crippen molar-refractivity contribution in [2.45, 2.75) is 96.4 Å². The van der Waals surface area contributed by atoms with Crippen LogP contribution in [0.5, 0.6) is 5.75 Å². The Hall–Kier alpha value is -1.76. The highest BCUT2D eigenvalue weighted by molar-refractivity contribution is 6.30. The van der Waals surface area contributed by atoms with E-state index in [4.69, 9.17) is 25.8 Å². The zero-order valence-electron chi connectivity index (χ0n) is 24.1. The number of hydrogen-bond donors (Lipinski definition) is 0. The standard InChI is InChI=1S/C34H44ClF3O3/c1-2-3-4-5-23-6-8-25(9-7-23)28-21-39-33(40-22-28)26-10-15-29(16-11-26)34(37,38)41-30-17-12-24(13-18-30)27-14-19-31(35)32(36)20-27/h12-14,17-20,23,25-26,28-29,33H,2-11,15-16,21-22H2,1H3. The Morgan fingerprint density at radius 2 is 1.44 bits per heavy atom. The number of halogens is 4. The van der Waals surface area contributed by atoms with Gasteiger partial charge in [-0.2, -0.15) is 8.78 Å². The lowest BCUT2D eigenvalue weighted by atomic mass is 9.74. The summed E-state index contributed by atoms with van der Waals surface area (Å²) in [7, 11) is 0. The van der Waals surface area contributed by atoms with Crippen LogP contribution in [0.15, 0.2) is 42.5 Å². The molecule has 0 bridgehead atoms. The van der Waals surface area contributed by atoms with E-state index in [2.05, 4.69) is 6.92 Å². The van der Waals surface area contributed by atoms with Crippen LogP contribution in [0.25, 0.3) is 11.1 Å². The largest absolute Gasteiger partial charge is 0.432 e. The van der Waals surface area contributed by atoms with Crippen LogP contribution >= 0.6 is 11.6 Å². The molecule has 1 aliphatic heterocycles. The van der Waals surface area contributed by atoms with E-state index in [1.165, 1.54) is 75.6 Å². The van der Waals surface area contributed by atoms with Gasteiger partial charge >= 0.3 is 6.11 Å². The molecule has 2 aromatic rings. The maximum Gasteiger partial charge on any atom is 0.400 e. The van der Waals surface area contributed by atoms with Crippen LogP contribution in [0, 0.1) is 35.4 Å². The molecule has 7 heteroatoms. The summed E-state index contributed by atoms with van der Waals surface area (Å²) < 4.78 is 61.6. The van der Waals surface area contributed by atoms with Crippen LogP contribution in [0.2, 0.25) is 5.02 Å². The minimum Gasteiger partial charge on any atom is -0.432 e. The van der Waals surface area contributed by atoms with Crippen molar-refractivity contribution in [3.63, 3.8) is 0 Å². The quantitative estimate of drug-likeness (QED) is 0.257. The lowest BCUT2D eigenvalue weighted by Crippen LogP contribution is -2.43. The molecule has 2 aromatic carbocycles. The normalized spacial score (nSPS) is 29.3. The molecule has 0 unspecified atom stereocenters. The van der Waals surface area contributed by atoms with Crippen molar-refractivity contribution in [2.24, 2.45) is 29.6 Å². The second-order valence-corrected chi connectivity index (χ2v) is 12.9. The number of alkyl halides is 2. The molecule has 0 N–H and O–H groups in total. The number of unbranched alkanes of at least 4 members (excludes halogenated alkanes) is 2. The fraction of sp³-hybridized carbons (Fsp3) is 0.647. The van der Waals surface area contributed by atoms with Crippen molar-refractivity contribution < 1.29 is 27.4 Å². The molecule has 2 saturated carbocycles. The molecule has 0 radical (unpaired) electrons. The van der Waals surface area contributed by atoms with Crippen molar-refractivity contribution in [3.05, 3.63) is 53.3 Å². The second kappa shape index (κ2) is 14.1. The molecule has 41 heavy (non-hydrogen) atoms. The Morgan fingerprint density at radius 3 is 2.07 bits per heavy atom. The minimum atomic E-state index is -3.27. The van der Waals surface area contributed by atoms with Crippen molar-refractivity contribution in [3.8, 4) is 16.9 Å². The third-order valence-corrected chi connectivity index (χ3v) is 10.0. The summed E-state index contributed by atoms with van der Waals surface area (Å²) in [6.45, 7) is 3.72. The Morgan fingerprint density at radius 1 is 0.805 bits per heavy atom. The first-order valence-electron chi connectivity index (χ1n) is 15.7. The minimum absolute atomic E-state index is 0.0411. The monoisotopic (exact) mass is 592 g/mol. The van der Waals surface area contributed by atoms with Gasteiger partial charge in [0.05, 0.1) is 24.2 Å². The molecular formula is C34H44ClF3O3. The van der Waals surface area contributed by atoms with E-state index >= 15 is 8.78 Å². The Bertz CT molecular complexity index is 1090. The smallest absolute Gasteiger partial charge is 0.400 e. The van der Waals surface area contributed by atoms with Gasteiger partial charge in [0, 0.05) is 11.8 Å². The lowest BCUT2D eigenvalue weighted by Gasteiger charge is -2.41. The van der Waals surface area contributed by atoms with Gasteiger partial charge in [0.15, 0.2) is 6.29 Å². The van der Waals surface area contributed by atoms with Crippen LogP contribution in [0.4, 0.5) is 13.2 Å². The number of benzene rings is 2. The van der Waals surface area contributed by atoms with Gasteiger partial charge in [-0.05, 0) is 85.8 Å². The van der Waals surface area contributed by atoms with Gasteiger partial charge in [-0.25, -0.2) is 4.39 Å². The molecule has 1 heterocycles. The molecule has 3 fully saturated rings. The Labute approximate surface area is 248 Å². The summed E-state index contributed by atoms with van der Waals surface area (Å²) in [5, 5.41) is 0.0411. The third kappa shape index (κ3) is 8.00.